The van der Waals surface area contributed by atoms with E-state index in [0.29, 0.717) is 10.8 Å². The minimum Gasteiger partial charge on any atom is -0.330 e. The molecule has 16 heavy (non-hydrogen) atoms. The molecule has 0 aliphatic carbocycles. The number of alkyl halides is 3. The van der Waals surface area contributed by atoms with E-state index < -0.39 is 28.7 Å². The van der Waals surface area contributed by atoms with Crippen LogP contribution in [0.25, 0.3) is 0 Å². The highest BCUT2D eigenvalue weighted by Gasteiger charge is 2.43. The van der Waals surface area contributed by atoms with E-state index >= 15 is 0 Å². The van der Waals surface area contributed by atoms with E-state index in [9.17, 15) is 22.8 Å². The van der Waals surface area contributed by atoms with Gasteiger partial charge in [0.2, 0.25) is 0 Å². The first-order valence-corrected chi connectivity index (χ1v) is 5.73. The number of halogens is 3. The fraction of sp³-hybridized carbons (Fsp3) is 0.714. The Morgan fingerprint density at radius 3 is 2.62 bits per heavy atom. The normalized spacial score (nSPS) is 22.4. The summed E-state index contributed by atoms with van der Waals surface area (Å²) in [5.41, 5.74) is 0. The average Bonchev–Trinajstić information content (AvgIpc) is 2.19. The molecule has 0 radical (unpaired) electrons. The van der Waals surface area contributed by atoms with Crippen LogP contribution in [-0.2, 0) is 25.1 Å². The molecule has 0 spiro atoms. The summed E-state index contributed by atoms with van der Waals surface area (Å²) < 4.78 is 39.4. The maximum absolute atomic E-state index is 11.8. The fourth-order valence-corrected chi connectivity index (χ4v) is 2.27. The van der Waals surface area contributed by atoms with Gasteiger partial charge in [-0.25, -0.2) is 4.79 Å². The Morgan fingerprint density at radius 2 is 2.19 bits per heavy atom. The van der Waals surface area contributed by atoms with Gasteiger partial charge in [0, 0.05) is 12.8 Å². The topological polar surface area (TPSA) is 59.0 Å². The summed E-state index contributed by atoms with van der Waals surface area (Å²) in [6.45, 7) is -0.0545. The van der Waals surface area contributed by atoms with Crippen LogP contribution in [0, 0.1) is 0 Å². The van der Waals surface area contributed by atoms with Crippen LogP contribution in [-0.4, -0.2) is 48.2 Å². The van der Waals surface area contributed by atoms with Crippen molar-refractivity contribution in [2.45, 2.75) is 6.18 Å². The van der Waals surface area contributed by atoms with Crippen molar-refractivity contribution in [3.63, 3.8) is 0 Å². The van der Waals surface area contributed by atoms with E-state index in [0.717, 1.165) is 0 Å². The number of carbonyl (C=O) groups excluding carboxylic acids is 2. The van der Waals surface area contributed by atoms with E-state index in [1.54, 1.807) is 0 Å². The largest absolute Gasteiger partial charge is 0.493 e. The molecule has 1 saturated heterocycles. The van der Waals surface area contributed by atoms with Gasteiger partial charge in [0.25, 0.3) is 5.91 Å². The first kappa shape index (κ1) is 12.9. The van der Waals surface area contributed by atoms with Crippen molar-refractivity contribution in [2.24, 2.45) is 4.36 Å². The van der Waals surface area contributed by atoms with Crippen LogP contribution >= 0.6 is 0 Å². The Bertz CT molecular complexity index is 342. The lowest BCUT2D eigenvalue weighted by Crippen LogP contribution is -2.46. The van der Waals surface area contributed by atoms with E-state index in [1.165, 1.54) is 7.05 Å². The van der Waals surface area contributed by atoms with Gasteiger partial charge in [0.15, 0.2) is 0 Å². The van der Waals surface area contributed by atoms with Crippen molar-refractivity contribution in [3.8, 4) is 0 Å². The lowest BCUT2D eigenvalue weighted by molar-refractivity contribution is -0.235. The Balaban J connectivity index is 2.58. The van der Waals surface area contributed by atoms with Crippen molar-refractivity contribution < 1.29 is 27.6 Å². The number of hydrogen-bond acceptors (Lipinski definition) is 4. The molecule has 9 heteroatoms. The number of carbonyl (C=O) groups is 2. The quantitative estimate of drug-likeness (QED) is 0.678. The van der Waals surface area contributed by atoms with Gasteiger partial charge in [-0.05, 0) is 0 Å². The first-order chi connectivity index (χ1) is 7.34. The second-order valence-electron chi connectivity index (χ2n) is 2.87. The molecule has 1 fully saturated rings. The van der Waals surface area contributed by atoms with E-state index in [1.807, 2.05) is 0 Å². The summed E-state index contributed by atoms with van der Waals surface area (Å²) in [5, 5.41) is 0.449. The molecule has 0 bridgehead atoms. The van der Waals surface area contributed by atoms with Crippen LogP contribution in [0.1, 0.15) is 0 Å². The average molecular weight is 258 g/mol. The molecule has 1 amide bonds. The van der Waals surface area contributed by atoms with Gasteiger partial charge in [-0.3, -0.25) is 9.16 Å². The summed E-state index contributed by atoms with van der Waals surface area (Å²) >= 11 is 0. The van der Waals surface area contributed by atoms with E-state index in [-0.39, 0.29) is 12.3 Å². The molecule has 1 aliphatic rings. The summed E-state index contributed by atoms with van der Waals surface area (Å²) in [6, 6.07) is 0. The molecule has 1 heterocycles. The maximum Gasteiger partial charge on any atom is 0.493 e. The third kappa shape index (κ3) is 3.19. The van der Waals surface area contributed by atoms with Crippen LogP contribution in [0.15, 0.2) is 4.36 Å². The molecule has 1 unspecified atom stereocenters. The van der Waals surface area contributed by atoms with Crippen molar-refractivity contribution in [3.05, 3.63) is 0 Å². The molecule has 0 aromatic rings. The molecule has 0 N–H and O–H groups in total. The van der Waals surface area contributed by atoms with Gasteiger partial charge >= 0.3 is 12.1 Å². The van der Waals surface area contributed by atoms with Gasteiger partial charge in [0.05, 0.1) is 12.3 Å². The van der Waals surface area contributed by atoms with Crippen LogP contribution < -0.4 is 0 Å². The lowest BCUT2D eigenvalue weighted by atomic mass is 10.6. The molecule has 1 atom stereocenters. The smallest absolute Gasteiger partial charge is 0.330 e. The molecule has 5 nitrogen and oxygen atoms in total. The zero-order valence-corrected chi connectivity index (χ0v) is 9.10. The minimum absolute atomic E-state index is 0.0123. The van der Waals surface area contributed by atoms with Gasteiger partial charge in [-0.15, -0.1) is 0 Å². The number of hydroxylamine groups is 2. The first-order valence-electron chi connectivity index (χ1n) is 4.21. The Hall–Kier alpha value is -1.12. The van der Waals surface area contributed by atoms with E-state index in [2.05, 4.69) is 9.20 Å². The lowest BCUT2D eigenvalue weighted by Gasteiger charge is -2.26. The summed E-state index contributed by atoms with van der Waals surface area (Å²) in [6.07, 6.45) is -5.09. The van der Waals surface area contributed by atoms with Crippen LogP contribution in [0.4, 0.5) is 13.2 Å². The summed E-state index contributed by atoms with van der Waals surface area (Å²) in [5.74, 6) is -2.64. The standard InChI is InChI=1S/C7H9F3N2O3S/c1-11-16-3-2-12(5(13)4-16)15-6(14)7(8,9)10/h2-4H2,1H3. The van der Waals surface area contributed by atoms with Gasteiger partial charge in [-0.1, -0.05) is 10.7 Å². The molecule has 1 rings (SSSR count). The highest BCUT2D eigenvalue weighted by Crippen LogP contribution is 2.18. The third-order valence-corrected chi connectivity index (χ3v) is 3.53. The van der Waals surface area contributed by atoms with Crippen molar-refractivity contribution >= 4 is 22.6 Å². The zero-order valence-electron chi connectivity index (χ0n) is 8.28. The van der Waals surface area contributed by atoms with Crippen molar-refractivity contribution in [1.29, 1.82) is 0 Å². The SMILES string of the molecule is CN=S1CCN(OC(=O)C(F)(F)F)C(=O)C1. The predicted octanol–water partition coefficient (Wildman–Crippen LogP) is 0.281. The fourth-order valence-electron chi connectivity index (χ4n) is 1.00. The molecular weight excluding hydrogens is 249 g/mol. The maximum atomic E-state index is 11.8. The summed E-state index contributed by atoms with van der Waals surface area (Å²) in [7, 11) is 1.06. The number of amides is 1. The Morgan fingerprint density at radius 1 is 1.56 bits per heavy atom. The number of hydrogen-bond donors (Lipinski definition) is 0. The molecule has 92 valence electrons. The van der Waals surface area contributed by atoms with Crippen LogP contribution in [0.5, 0.6) is 0 Å². The number of nitrogens with zero attached hydrogens (tertiary/aromatic N) is 2. The molecule has 0 aromatic heterocycles. The highest BCUT2D eigenvalue weighted by molar-refractivity contribution is 7.88. The molecule has 0 saturated carbocycles. The van der Waals surface area contributed by atoms with Gasteiger partial charge < -0.3 is 4.84 Å². The Kier molecular flexibility index (Phi) is 3.89. The Labute approximate surface area is 91.6 Å². The summed E-state index contributed by atoms with van der Waals surface area (Å²) in [4.78, 5) is 25.7. The second-order valence-corrected chi connectivity index (χ2v) is 4.85. The second kappa shape index (κ2) is 4.81. The van der Waals surface area contributed by atoms with Gasteiger partial charge in [-0.2, -0.15) is 18.2 Å². The van der Waals surface area contributed by atoms with Gasteiger partial charge in [0.1, 0.15) is 0 Å². The predicted molar refractivity (Wildman–Crippen MR) is 49.3 cm³/mol. The molecule has 1 aliphatic heterocycles. The third-order valence-electron chi connectivity index (χ3n) is 1.78. The monoisotopic (exact) mass is 258 g/mol. The van der Waals surface area contributed by atoms with Crippen LogP contribution in [0.3, 0.4) is 0 Å². The molecule has 0 aromatic carbocycles. The van der Waals surface area contributed by atoms with Crippen molar-refractivity contribution in [1.82, 2.24) is 5.06 Å². The molecular formula is C7H9F3N2O3S. The van der Waals surface area contributed by atoms with Crippen LogP contribution in [0.2, 0.25) is 0 Å². The highest BCUT2D eigenvalue weighted by atomic mass is 32.2. The van der Waals surface area contributed by atoms with E-state index in [4.69, 9.17) is 0 Å². The number of rotatable bonds is 1. The zero-order chi connectivity index (χ0) is 12.3. The van der Waals surface area contributed by atoms with Crippen molar-refractivity contribution in [2.75, 3.05) is 25.1 Å². The minimum atomic E-state index is -5.09.